The van der Waals surface area contributed by atoms with Crippen LogP contribution >= 0.6 is 0 Å². The minimum atomic E-state index is 0.00637. The molecule has 0 saturated carbocycles. The molecule has 3 aromatic heterocycles. The summed E-state index contributed by atoms with van der Waals surface area (Å²) in [5.41, 5.74) is 3.81. The monoisotopic (exact) mass is 405 g/mol. The van der Waals surface area contributed by atoms with Gasteiger partial charge in [-0.05, 0) is 37.8 Å². The molecule has 4 aromatic rings. The highest BCUT2D eigenvalue weighted by atomic mass is 16.1. The normalized spacial score (nSPS) is 12.0. The smallest absolute Gasteiger partial charge is 0.265 e. The zero-order chi connectivity index (χ0) is 21.3. The van der Waals surface area contributed by atoms with E-state index in [1.165, 1.54) is 12.8 Å². The molecule has 6 nitrogen and oxygen atoms in total. The van der Waals surface area contributed by atoms with Crippen LogP contribution < -0.4 is 5.56 Å². The van der Waals surface area contributed by atoms with Crippen LogP contribution in [0.5, 0.6) is 0 Å². The molecule has 0 spiro atoms. The van der Waals surface area contributed by atoms with Gasteiger partial charge in [0.1, 0.15) is 16.7 Å². The van der Waals surface area contributed by atoms with Crippen molar-refractivity contribution in [1.29, 1.82) is 0 Å². The Morgan fingerprint density at radius 2 is 1.63 bits per heavy atom. The topological polar surface area (TPSA) is 65.6 Å². The molecule has 0 bridgehead atoms. The second kappa shape index (κ2) is 8.54. The van der Waals surface area contributed by atoms with Crippen LogP contribution in [0, 0.1) is 12.8 Å². The van der Waals surface area contributed by atoms with Gasteiger partial charge in [-0.1, -0.05) is 52.2 Å². The van der Waals surface area contributed by atoms with Crippen molar-refractivity contribution < 1.29 is 0 Å². The van der Waals surface area contributed by atoms with Crippen LogP contribution in [-0.2, 0) is 13.1 Å². The lowest BCUT2D eigenvalue weighted by Crippen LogP contribution is -2.24. The van der Waals surface area contributed by atoms with E-state index >= 15 is 0 Å². The Kier molecular flexibility index (Phi) is 5.84. The minimum Gasteiger partial charge on any atom is -0.308 e. The average molecular weight is 406 g/mol. The van der Waals surface area contributed by atoms with E-state index in [-0.39, 0.29) is 5.56 Å². The number of hydrogen-bond acceptors (Lipinski definition) is 4. The van der Waals surface area contributed by atoms with E-state index in [0.29, 0.717) is 29.0 Å². The lowest BCUT2D eigenvalue weighted by molar-refractivity contribution is 0.526. The fourth-order valence-electron chi connectivity index (χ4n) is 4.06. The average Bonchev–Trinajstić information content (AvgIpc) is 3.02. The summed E-state index contributed by atoms with van der Waals surface area (Å²) in [6.07, 6.45) is 5.48. The summed E-state index contributed by atoms with van der Waals surface area (Å²) < 4.78 is 3.92. The number of rotatable bonds is 8. The first-order chi connectivity index (χ1) is 14.5. The van der Waals surface area contributed by atoms with Crippen molar-refractivity contribution in [1.82, 2.24) is 24.1 Å². The van der Waals surface area contributed by atoms with Crippen LogP contribution in [0.2, 0.25) is 0 Å². The van der Waals surface area contributed by atoms with Gasteiger partial charge in [0.25, 0.3) is 5.56 Å². The predicted octanol–water partition coefficient (Wildman–Crippen LogP) is 5.23. The third-order valence-electron chi connectivity index (χ3n) is 5.81. The summed E-state index contributed by atoms with van der Waals surface area (Å²) in [4.78, 5) is 28.2. The Labute approximate surface area is 177 Å². The molecular formula is C24H31N5O. The van der Waals surface area contributed by atoms with Crippen molar-refractivity contribution >= 4 is 33.2 Å². The quantitative estimate of drug-likeness (QED) is 0.377. The molecule has 6 heteroatoms. The third kappa shape index (κ3) is 3.71. The van der Waals surface area contributed by atoms with Gasteiger partial charge < -0.3 is 4.57 Å². The van der Waals surface area contributed by atoms with Crippen molar-refractivity contribution in [2.24, 2.45) is 5.92 Å². The van der Waals surface area contributed by atoms with E-state index in [2.05, 4.69) is 25.3 Å². The first-order valence-electron chi connectivity index (χ1n) is 11.2. The van der Waals surface area contributed by atoms with Gasteiger partial charge in [0.2, 0.25) is 0 Å². The summed E-state index contributed by atoms with van der Waals surface area (Å²) in [6, 6.07) is 7.84. The predicted molar refractivity (Wildman–Crippen MR) is 123 cm³/mol. The lowest BCUT2D eigenvalue weighted by Gasteiger charge is -2.11. The van der Waals surface area contributed by atoms with E-state index in [0.717, 1.165) is 48.3 Å². The number of benzene rings is 1. The molecule has 158 valence electrons. The zero-order valence-electron chi connectivity index (χ0n) is 18.5. The number of nitrogens with zero attached hydrogens (tertiary/aromatic N) is 5. The van der Waals surface area contributed by atoms with E-state index in [4.69, 9.17) is 15.0 Å². The molecule has 4 rings (SSSR count). The molecule has 0 aliphatic heterocycles. The Bertz CT molecular complexity index is 1250. The van der Waals surface area contributed by atoms with Gasteiger partial charge >= 0.3 is 0 Å². The fraction of sp³-hybridized carbons (Fsp3) is 0.500. The second-order valence-electron chi connectivity index (χ2n) is 8.59. The zero-order valence-corrected chi connectivity index (χ0v) is 18.5. The Morgan fingerprint density at radius 1 is 0.900 bits per heavy atom. The number of hydrogen-bond donors (Lipinski definition) is 0. The van der Waals surface area contributed by atoms with Gasteiger partial charge in [0.15, 0.2) is 11.3 Å². The van der Waals surface area contributed by atoms with Crippen molar-refractivity contribution in [2.75, 3.05) is 0 Å². The van der Waals surface area contributed by atoms with Gasteiger partial charge in [0, 0.05) is 13.1 Å². The summed E-state index contributed by atoms with van der Waals surface area (Å²) in [7, 11) is 0. The molecule has 0 atom stereocenters. The molecule has 0 saturated heterocycles. The number of aryl methyl sites for hydroxylation is 2. The maximum absolute atomic E-state index is 13.6. The lowest BCUT2D eigenvalue weighted by atomic mass is 10.1. The molecule has 0 aliphatic rings. The minimum absolute atomic E-state index is 0.00637. The van der Waals surface area contributed by atoms with Crippen molar-refractivity contribution in [2.45, 2.75) is 72.9 Å². The molecule has 0 aliphatic carbocycles. The van der Waals surface area contributed by atoms with Crippen LogP contribution in [0.3, 0.4) is 0 Å². The highest BCUT2D eigenvalue weighted by Gasteiger charge is 2.21. The molecular weight excluding hydrogens is 374 g/mol. The fourth-order valence-corrected chi connectivity index (χ4v) is 4.06. The van der Waals surface area contributed by atoms with Crippen molar-refractivity contribution in [3.8, 4) is 0 Å². The summed E-state index contributed by atoms with van der Waals surface area (Å²) in [6.45, 7) is 10.0. The Hall–Kier alpha value is -2.76. The molecule has 3 heterocycles. The third-order valence-corrected chi connectivity index (χ3v) is 5.81. The van der Waals surface area contributed by atoms with Crippen LogP contribution in [-0.4, -0.2) is 24.1 Å². The first-order valence-corrected chi connectivity index (χ1v) is 11.2. The summed E-state index contributed by atoms with van der Waals surface area (Å²) in [5.74, 6) is 1.31. The molecule has 0 N–H and O–H groups in total. The molecule has 0 fully saturated rings. The Balaban J connectivity index is 1.95. The number of fused-ring (bicyclic) bond motifs is 4. The highest BCUT2D eigenvalue weighted by molar-refractivity contribution is 6.04. The van der Waals surface area contributed by atoms with Crippen molar-refractivity contribution in [3.05, 3.63) is 40.4 Å². The van der Waals surface area contributed by atoms with E-state index in [9.17, 15) is 4.79 Å². The van der Waals surface area contributed by atoms with Gasteiger partial charge in [-0.3, -0.25) is 9.36 Å². The molecule has 0 amide bonds. The van der Waals surface area contributed by atoms with E-state index < -0.39 is 0 Å². The standard InChI is InChI=1S/C24H31N5O/c1-5-6-7-10-14-28-17(4)25-22-20(24(28)30)21-23(29(22)15-13-16(2)3)27-19-12-9-8-11-18(19)26-21/h8-9,11-12,16H,5-7,10,13-15H2,1-4H3. The highest BCUT2D eigenvalue weighted by Crippen LogP contribution is 2.26. The van der Waals surface area contributed by atoms with Crippen molar-refractivity contribution in [3.63, 3.8) is 0 Å². The van der Waals surface area contributed by atoms with Crippen LogP contribution in [0.25, 0.3) is 33.2 Å². The number of unbranched alkanes of at least 4 members (excludes halogenated alkanes) is 3. The number of para-hydroxylation sites is 2. The summed E-state index contributed by atoms with van der Waals surface area (Å²) >= 11 is 0. The SMILES string of the molecule is CCCCCCn1c(C)nc2c(c1=O)c1nc3ccccc3nc1n2CCC(C)C. The van der Waals surface area contributed by atoms with E-state index in [1.54, 1.807) is 0 Å². The van der Waals surface area contributed by atoms with Gasteiger partial charge in [-0.25, -0.2) is 15.0 Å². The Morgan fingerprint density at radius 3 is 2.33 bits per heavy atom. The number of aromatic nitrogens is 5. The van der Waals surface area contributed by atoms with Gasteiger partial charge in [-0.2, -0.15) is 0 Å². The van der Waals surface area contributed by atoms with Crippen LogP contribution in [0.15, 0.2) is 29.1 Å². The van der Waals surface area contributed by atoms with Gasteiger partial charge in [0.05, 0.1) is 11.0 Å². The maximum atomic E-state index is 13.6. The molecule has 30 heavy (non-hydrogen) atoms. The largest absolute Gasteiger partial charge is 0.308 e. The molecule has 1 aromatic carbocycles. The van der Waals surface area contributed by atoms with E-state index in [1.807, 2.05) is 35.8 Å². The van der Waals surface area contributed by atoms with Crippen LogP contribution in [0.4, 0.5) is 0 Å². The molecule has 0 unspecified atom stereocenters. The molecule has 0 radical (unpaired) electrons. The summed E-state index contributed by atoms with van der Waals surface area (Å²) in [5, 5.41) is 0.605. The second-order valence-corrected chi connectivity index (χ2v) is 8.59. The van der Waals surface area contributed by atoms with Gasteiger partial charge in [-0.15, -0.1) is 0 Å². The van der Waals surface area contributed by atoms with Crippen LogP contribution in [0.1, 0.15) is 58.7 Å². The first kappa shape index (κ1) is 20.5. The maximum Gasteiger partial charge on any atom is 0.265 e.